The quantitative estimate of drug-likeness (QED) is 0.932. The Morgan fingerprint density at radius 2 is 2.33 bits per heavy atom. The molecule has 0 bridgehead atoms. The van der Waals surface area contributed by atoms with Gasteiger partial charge in [0.15, 0.2) is 5.65 Å². The highest BCUT2D eigenvalue weighted by Crippen LogP contribution is 2.17. The number of aromatic nitrogens is 3. The summed E-state index contributed by atoms with van der Waals surface area (Å²) >= 11 is 0. The van der Waals surface area contributed by atoms with Crippen molar-refractivity contribution in [2.45, 2.75) is 45.8 Å². The number of rotatable bonds is 3. The number of ether oxygens (including phenoxy) is 1. The summed E-state index contributed by atoms with van der Waals surface area (Å²) in [5, 5.41) is 7.25. The van der Waals surface area contributed by atoms with E-state index in [1.807, 2.05) is 26.8 Å². The van der Waals surface area contributed by atoms with Gasteiger partial charge in [0, 0.05) is 18.0 Å². The van der Waals surface area contributed by atoms with Crippen LogP contribution in [0.3, 0.4) is 0 Å². The molecular formula is C15H20N4O2. The Bertz CT molecular complexity index is 674. The second-order valence-corrected chi connectivity index (χ2v) is 5.65. The predicted octanol–water partition coefficient (Wildman–Crippen LogP) is 1.64. The van der Waals surface area contributed by atoms with Crippen LogP contribution in [-0.2, 0) is 4.74 Å². The van der Waals surface area contributed by atoms with Crippen LogP contribution < -0.4 is 5.32 Å². The molecule has 1 N–H and O–H groups in total. The van der Waals surface area contributed by atoms with Gasteiger partial charge in [-0.1, -0.05) is 0 Å². The predicted molar refractivity (Wildman–Crippen MR) is 78.4 cm³/mol. The maximum atomic E-state index is 12.4. The lowest BCUT2D eigenvalue weighted by atomic mass is 10.1. The third-order valence-electron chi connectivity index (χ3n) is 3.90. The van der Waals surface area contributed by atoms with E-state index in [4.69, 9.17) is 4.74 Å². The molecule has 0 spiro atoms. The number of carbonyl (C=O) groups excluding carboxylic acids is 1. The zero-order chi connectivity index (χ0) is 15.0. The van der Waals surface area contributed by atoms with Gasteiger partial charge in [0.05, 0.1) is 18.3 Å². The maximum Gasteiger partial charge on any atom is 0.257 e. The fourth-order valence-corrected chi connectivity index (χ4v) is 2.80. The van der Waals surface area contributed by atoms with Gasteiger partial charge in [0.25, 0.3) is 5.91 Å². The number of aryl methyl sites for hydroxylation is 2. The zero-order valence-corrected chi connectivity index (χ0v) is 12.6. The summed E-state index contributed by atoms with van der Waals surface area (Å²) in [7, 11) is 0. The third kappa shape index (κ3) is 2.63. The van der Waals surface area contributed by atoms with Crippen LogP contribution in [0.25, 0.3) is 5.65 Å². The van der Waals surface area contributed by atoms with Crippen LogP contribution in [0, 0.1) is 13.8 Å². The Balaban J connectivity index is 1.84. The molecule has 0 saturated carbocycles. The number of nitrogens with one attached hydrogen (secondary N) is 1. The van der Waals surface area contributed by atoms with E-state index in [9.17, 15) is 4.79 Å². The minimum absolute atomic E-state index is 0.0131. The average molecular weight is 288 g/mol. The first kappa shape index (κ1) is 14.0. The number of hydrogen-bond donors (Lipinski definition) is 1. The summed E-state index contributed by atoms with van der Waals surface area (Å²) in [6.07, 6.45) is 3.73. The minimum Gasteiger partial charge on any atom is -0.376 e. The molecule has 2 aromatic heterocycles. The van der Waals surface area contributed by atoms with Crippen LogP contribution in [0.2, 0.25) is 0 Å². The van der Waals surface area contributed by atoms with E-state index in [0.717, 1.165) is 30.8 Å². The van der Waals surface area contributed by atoms with Gasteiger partial charge in [-0.3, -0.25) is 4.79 Å². The van der Waals surface area contributed by atoms with E-state index in [1.54, 1.807) is 10.7 Å². The number of carbonyl (C=O) groups is 1. The lowest BCUT2D eigenvalue weighted by molar-refractivity contribution is 0.0713. The Morgan fingerprint density at radius 1 is 1.52 bits per heavy atom. The first-order valence-corrected chi connectivity index (χ1v) is 7.30. The monoisotopic (exact) mass is 288 g/mol. The Kier molecular flexibility index (Phi) is 3.63. The van der Waals surface area contributed by atoms with Crippen molar-refractivity contribution in [3.05, 3.63) is 29.2 Å². The molecule has 1 saturated heterocycles. The molecular weight excluding hydrogens is 268 g/mol. The van der Waals surface area contributed by atoms with Gasteiger partial charge in [-0.25, -0.2) is 9.50 Å². The Morgan fingerprint density at radius 3 is 3.05 bits per heavy atom. The van der Waals surface area contributed by atoms with Crippen molar-refractivity contribution in [2.75, 3.05) is 6.61 Å². The van der Waals surface area contributed by atoms with Gasteiger partial charge in [0.2, 0.25) is 0 Å². The van der Waals surface area contributed by atoms with E-state index in [1.165, 1.54) is 0 Å². The van der Waals surface area contributed by atoms with E-state index in [-0.39, 0.29) is 18.1 Å². The Labute approximate surface area is 123 Å². The van der Waals surface area contributed by atoms with Crippen molar-refractivity contribution in [1.29, 1.82) is 0 Å². The second kappa shape index (κ2) is 5.44. The van der Waals surface area contributed by atoms with Crippen LogP contribution in [-0.4, -0.2) is 39.3 Å². The summed E-state index contributed by atoms with van der Waals surface area (Å²) in [6, 6.07) is 1.93. The van der Waals surface area contributed by atoms with Gasteiger partial charge >= 0.3 is 0 Å². The second-order valence-electron chi connectivity index (χ2n) is 5.65. The summed E-state index contributed by atoms with van der Waals surface area (Å²) in [5.41, 5.74) is 2.95. The standard InChI is InChI=1S/C15H20N4O2/c1-9-7-10(2)19-14(17-9)12(8-16-19)15(20)18-11(3)13-5-4-6-21-13/h7-8,11,13H,4-6H2,1-3H3,(H,18,20)/t11-,13+/m0/s1. The molecule has 6 heteroatoms. The summed E-state index contributed by atoms with van der Waals surface area (Å²) in [5.74, 6) is -0.148. The molecule has 0 aliphatic carbocycles. The molecule has 1 aliphatic rings. The topological polar surface area (TPSA) is 68.5 Å². The summed E-state index contributed by atoms with van der Waals surface area (Å²) < 4.78 is 7.30. The molecule has 1 amide bonds. The molecule has 2 atom stereocenters. The first-order chi connectivity index (χ1) is 10.1. The highest BCUT2D eigenvalue weighted by Gasteiger charge is 2.25. The van der Waals surface area contributed by atoms with Gasteiger partial charge < -0.3 is 10.1 Å². The molecule has 112 valence electrons. The van der Waals surface area contributed by atoms with Crippen molar-refractivity contribution in [3.63, 3.8) is 0 Å². The molecule has 3 heterocycles. The minimum atomic E-state index is -0.148. The van der Waals surface area contributed by atoms with Crippen molar-refractivity contribution in [3.8, 4) is 0 Å². The van der Waals surface area contributed by atoms with Gasteiger partial charge in [0.1, 0.15) is 5.56 Å². The van der Waals surface area contributed by atoms with Crippen molar-refractivity contribution in [2.24, 2.45) is 0 Å². The van der Waals surface area contributed by atoms with E-state index in [2.05, 4.69) is 15.4 Å². The van der Waals surface area contributed by atoms with Crippen molar-refractivity contribution >= 4 is 11.6 Å². The van der Waals surface area contributed by atoms with Crippen LogP contribution in [0.4, 0.5) is 0 Å². The number of nitrogens with zero attached hydrogens (tertiary/aromatic N) is 3. The molecule has 0 aromatic carbocycles. The first-order valence-electron chi connectivity index (χ1n) is 7.30. The Hall–Kier alpha value is -1.95. The lowest BCUT2D eigenvalue weighted by Crippen LogP contribution is -2.40. The molecule has 0 unspecified atom stereocenters. The largest absolute Gasteiger partial charge is 0.376 e. The van der Waals surface area contributed by atoms with Crippen LogP contribution >= 0.6 is 0 Å². The smallest absolute Gasteiger partial charge is 0.257 e. The summed E-state index contributed by atoms with van der Waals surface area (Å²) in [6.45, 7) is 6.62. The lowest BCUT2D eigenvalue weighted by Gasteiger charge is -2.19. The van der Waals surface area contributed by atoms with Gasteiger partial charge in [-0.2, -0.15) is 5.10 Å². The van der Waals surface area contributed by atoms with Crippen LogP contribution in [0.15, 0.2) is 12.3 Å². The molecule has 0 radical (unpaired) electrons. The maximum absolute atomic E-state index is 12.4. The summed E-state index contributed by atoms with van der Waals surface area (Å²) in [4.78, 5) is 16.9. The van der Waals surface area contributed by atoms with Gasteiger partial charge in [-0.15, -0.1) is 0 Å². The van der Waals surface area contributed by atoms with Crippen molar-refractivity contribution < 1.29 is 9.53 Å². The number of fused-ring (bicyclic) bond motifs is 1. The molecule has 2 aromatic rings. The number of amides is 1. The fourth-order valence-electron chi connectivity index (χ4n) is 2.80. The average Bonchev–Trinajstić information content (AvgIpc) is 3.07. The highest BCUT2D eigenvalue weighted by atomic mass is 16.5. The SMILES string of the molecule is Cc1cc(C)n2ncc(C(=O)N[C@@H](C)[C@H]3CCCO3)c2n1. The van der Waals surface area contributed by atoms with E-state index < -0.39 is 0 Å². The molecule has 1 fully saturated rings. The van der Waals surface area contributed by atoms with Gasteiger partial charge in [-0.05, 0) is 39.7 Å². The van der Waals surface area contributed by atoms with Crippen LogP contribution in [0.5, 0.6) is 0 Å². The van der Waals surface area contributed by atoms with Crippen LogP contribution in [0.1, 0.15) is 41.5 Å². The van der Waals surface area contributed by atoms with Crippen molar-refractivity contribution in [1.82, 2.24) is 19.9 Å². The molecule has 3 rings (SSSR count). The highest BCUT2D eigenvalue weighted by molar-refractivity contribution is 5.99. The number of hydrogen-bond acceptors (Lipinski definition) is 4. The zero-order valence-electron chi connectivity index (χ0n) is 12.6. The normalized spacial score (nSPS) is 19.9. The fraction of sp³-hybridized carbons (Fsp3) is 0.533. The molecule has 1 aliphatic heterocycles. The third-order valence-corrected chi connectivity index (χ3v) is 3.90. The molecule has 21 heavy (non-hydrogen) atoms. The van der Waals surface area contributed by atoms with E-state index >= 15 is 0 Å². The molecule has 6 nitrogen and oxygen atoms in total. The van der Waals surface area contributed by atoms with E-state index in [0.29, 0.717) is 11.2 Å².